The smallest absolute Gasteiger partial charge is 0.200 e. The molecular formula is C24H26N4O2S. The average molecular weight is 435 g/mol. The topological polar surface area (TPSA) is 86.9 Å². The van der Waals surface area contributed by atoms with E-state index in [2.05, 4.69) is 16.8 Å². The van der Waals surface area contributed by atoms with Crippen molar-refractivity contribution in [3.63, 3.8) is 0 Å². The van der Waals surface area contributed by atoms with Gasteiger partial charge in [0.25, 0.3) is 0 Å². The Kier molecular flexibility index (Phi) is 5.67. The van der Waals surface area contributed by atoms with Crippen LogP contribution in [0.4, 0.5) is 5.82 Å². The van der Waals surface area contributed by atoms with Crippen LogP contribution in [-0.2, 0) is 9.84 Å². The van der Waals surface area contributed by atoms with Gasteiger partial charge < -0.3 is 4.90 Å². The van der Waals surface area contributed by atoms with E-state index in [1.54, 1.807) is 25.1 Å². The number of anilines is 1. The molecule has 1 aromatic heterocycles. The Bertz CT molecular complexity index is 1270. The Morgan fingerprint density at radius 3 is 2.35 bits per heavy atom. The molecule has 160 valence electrons. The Hall–Kier alpha value is -2.98. The van der Waals surface area contributed by atoms with E-state index < -0.39 is 15.1 Å². The number of nitriles is 1. The molecule has 6 nitrogen and oxygen atoms in total. The van der Waals surface area contributed by atoms with Crippen molar-refractivity contribution in [1.29, 1.82) is 5.26 Å². The van der Waals surface area contributed by atoms with Crippen molar-refractivity contribution in [3.8, 4) is 6.07 Å². The van der Waals surface area contributed by atoms with Gasteiger partial charge in [-0.3, -0.25) is 0 Å². The molecule has 0 bridgehead atoms. The number of fused-ring (bicyclic) bond motifs is 1. The zero-order valence-corrected chi connectivity index (χ0v) is 18.9. The van der Waals surface area contributed by atoms with Crippen LogP contribution in [0.5, 0.6) is 0 Å². The molecule has 0 N–H and O–H groups in total. The molecule has 7 heteroatoms. The van der Waals surface area contributed by atoms with Crippen LogP contribution in [0.3, 0.4) is 0 Å². The number of aryl methyl sites for hydroxylation is 2. The SMILES string of the molecule is Cc1ccc(C)c(S(=O)(=O)[C@@H](C#N)c2nc3ccccc3nc2N2CCC(C)CC2)c1. The fourth-order valence-electron chi connectivity index (χ4n) is 4.05. The molecule has 0 amide bonds. The van der Waals surface area contributed by atoms with E-state index in [1.807, 2.05) is 37.3 Å². The van der Waals surface area contributed by atoms with Gasteiger partial charge in [-0.25, -0.2) is 18.4 Å². The minimum absolute atomic E-state index is 0.173. The molecule has 0 spiro atoms. The molecule has 0 unspecified atom stereocenters. The summed E-state index contributed by atoms with van der Waals surface area (Å²) in [7, 11) is -3.99. The molecule has 2 heterocycles. The van der Waals surface area contributed by atoms with E-state index in [9.17, 15) is 13.7 Å². The van der Waals surface area contributed by atoms with Crippen LogP contribution in [0.1, 0.15) is 41.8 Å². The lowest BCUT2D eigenvalue weighted by molar-refractivity contribution is 0.436. The fourth-order valence-corrected chi connectivity index (χ4v) is 5.76. The summed E-state index contributed by atoms with van der Waals surface area (Å²) in [5.74, 6) is 1.12. The van der Waals surface area contributed by atoms with Crippen LogP contribution >= 0.6 is 0 Å². The largest absolute Gasteiger partial charge is 0.355 e. The van der Waals surface area contributed by atoms with Crippen molar-refractivity contribution < 1.29 is 8.42 Å². The number of nitrogens with zero attached hydrogens (tertiary/aromatic N) is 4. The molecule has 1 fully saturated rings. The Balaban J connectivity index is 1.91. The van der Waals surface area contributed by atoms with E-state index in [4.69, 9.17) is 4.98 Å². The van der Waals surface area contributed by atoms with Crippen molar-refractivity contribution in [2.24, 2.45) is 5.92 Å². The lowest BCUT2D eigenvalue weighted by Crippen LogP contribution is -2.35. The van der Waals surface area contributed by atoms with Crippen molar-refractivity contribution in [2.45, 2.75) is 43.8 Å². The van der Waals surface area contributed by atoms with Crippen molar-refractivity contribution >= 4 is 26.7 Å². The first-order valence-electron chi connectivity index (χ1n) is 10.5. The number of rotatable bonds is 4. The molecule has 0 aliphatic carbocycles. The predicted molar refractivity (Wildman–Crippen MR) is 122 cm³/mol. The highest BCUT2D eigenvalue weighted by Gasteiger charge is 2.36. The first kappa shape index (κ1) is 21.3. The van der Waals surface area contributed by atoms with Gasteiger partial charge in [0.15, 0.2) is 11.1 Å². The normalized spacial score (nSPS) is 16.3. The summed E-state index contributed by atoms with van der Waals surface area (Å²) in [6.07, 6.45) is 1.99. The highest BCUT2D eigenvalue weighted by atomic mass is 32.2. The second kappa shape index (κ2) is 8.27. The summed E-state index contributed by atoms with van der Waals surface area (Å²) in [6.45, 7) is 7.34. The Labute approximate surface area is 183 Å². The molecule has 31 heavy (non-hydrogen) atoms. The molecule has 1 atom stereocenters. The van der Waals surface area contributed by atoms with Gasteiger partial charge in [0.1, 0.15) is 5.69 Å². The highest BCUT2D eigenvalue weighted by molar-refractivity contribution is 7.92. The van der Waals surface area contributed by atoms with E-state index in [0.717, 1.165) is 31.5 Å². The van der Waals surface area contributed by atoms with Crippen LogP contribution in [0.2, 0.25) is 0 Å². The zero-order valence-electron chi connectivity index (χ0n) is 18.0. The summed E-state index contributed by atoms with van der Waals surface area (Å²) >= 11 is 0. The van der Waals surface area contributed by atoms with Crippen LogP contribution in [0.25, 0.3) is 11.0 Å². The first-order chi connectivity index (χ1) is 14.8. The Morgan fingerprint density at radius 2 is 1.71 bits per heavy atom. The maximum atomic E-state index is 13.7. The van der Waals surface area contributed by atoms with Gasteiger partial charge in [0.2, 0.25) is 9.84 Å². The lowest BCUT2D eigenvalue weighted by atomic mass is 9.99. The van der Waals surface area contributed by atoms with E-state index in [1.165, 1.54) is 0 Å². The molecule has 0 radical (unpaired) electrons. The third-order valence-electron chi connectivity index (χ3n) is 5.99. The second-order valence-corrected chi connectivity index (χ2v) is 10.4. The van der Waals surface area contributed by atoms with E-state index >= 15 is 0 Å². The summed E-state index contributed by atoms with van der Waals surface area (Å²) in [4.78, 5) is 11.7. The number of sulfone groups is 1. The number of hydrogen-bond donors (Lipinski definition) is 0. The van der Waals surface area contributed by atoms with Gasteiger partial charge in [-0.15, -0.1) is 0 Å². The van der Waals surface area contributed by atoms with Crippen LogP contribution in [0, 0.1) is 31.1 Å². The molecule has 4 rings (SSSR count). The quantitative estimate of drug-likeness (QED) is 0.600. The lowest BCUT2D eigenvalue weighted by Gasteiger charge is -2.32. The summed E-state index contributed by atoms with van der Waals surface area (Å²) in [5.41, 5.74) is 2.95. The molecule has 1 aliphatic rings. The number of aromatic nitrogens is 2. The Morgan fingerprint density at radius 1 is 1.06 bits per heavy atom. The van der Waals surface area contributed by atoms with Gasteiger partial charge in [-0.2, -0.15) is 5.26 Å². The number of hydrogen-bond acceptors (Lipinski definition) is 6. The molecule has 2 aromatic carbocycles. The minimum atomic E-state index is -3.99. The van der Waals surface area contributed by atoms with Gasteiger partial charge >= 0.3 is 0 Å². The monoisotopic (exact) mass is 434 g/mol. The summed E-state index contributed by atoms with van der Waals surface area (Å²) in [5, 5.41) is 8.63. The first-order valence-corrected chi connectivity index (χ1v) is 12.1. The maximum Gasteiger partial charge on any atom is 0.200 e. The van der Waals surface area contributed by atoms with Crippen molar-refractivity contribution in [2.75, 3.05) is 18.0 Å². The minimum Gasteiger partial charge on any atom is -0.355 e. The van der Waals surface area contributed by atoms with Crippen molar-refractivity contribution in [1.82, 2.24) is 9.97 Å². The van der Waals surface area contributed by atoms with Crippen LogP contribution in [0.15, 0.2) is 47.4 Å². The van der Waals surface area contributed by atoms with Crippen molar-refractivity contribution in [3.05, 3.63) is 59.3 Å². The summed E-state index contributed by atoms with van der Waals surface area (Å²) < 4.78 is 27.3. The third-order valence-corrected chi connectivity index (χ3v) is 7.99. The van der Waals surface area contributed by atoms with Crippen LogP contribution in [-0.4, -0.2) is 31.5 Å². The maximum absolute atomic E-state index is 13.7. The summed E-state index contributed by atoms with van der Waals surface area (Å²) in [6, 6.07) is 14.7. The fraction of sp³-hybridized carbons (Fsp3) is 0.375. The molecular weight excluding hydrogens is 408 g/mol. The number of benzene rings is 2. The molecule has 3 aromatic rings. The van der Waals surface area contributed by atoms with Crippen LogP contribution < -0.4 is 4.90 Å². The second-order valence-electron chi connectivity index (χ2n) is 8.41. The van der Waals surface area contributed by atoms with Gasteiger partial charge in [0.05, 0.1) is 22.0 Å². The van der Waals surface area contributed by atoms with Gasteiger partial charge in [-0.1, -0.05) is 31.2 Å². The predicted octanol–water partition coefficient (Wildman–Crippen LogP) is 4.52. The molecule has 1 saturated heterocycles. The highest BCUT2D eigenvalue weighted by Crippen LogP contribution is 2.36. The number of piperidine rings is 1. The molecule has 1 aliphatic heterocycles. The standard InChI is InChI=1S/C24H26N4O2S/c1-16-10-12-28(13-11-16)24-23(26-19-6-4-5-7-20(19)27-24)22(15-25)31(29,30)21-14-17(2)8-9-18(21)3/h4-9,14,16,22H,10-13H2,1-3H3/t22-/m0/s1. The molecule has 0 saturated carbocycles. The number of para-hydroxylation sites is 2. The zero-order chi connectivity index (χ0) is 22.2. The van der Waals surface area contributed by atoms with Gasteiger partial charge in [0, 0.05) is 13.1 Å². The average Bonchev–Trinajstić information content (AvgIpc) is 2.76. The van der Waals surface area contributed by atoms with E-state index in [0.29, 0.717) is 28.3 Å². The van der Waals surface area contributed by atoms with E-state index in [-0.39, 0.29) is 10.6 Å². The third kappa shape index (κ3) is 4.00. The van der Waals surface area contributed by atoms with Gasteiger partial charge in [-0.05, 0) is 61.9 Å².